The molecule has 0 bridgehead atoms. The molecule has 1 atom stereocenters. The normalized spacial score (nSPS) is 17.2. The van der Waals surface area contributed by atoms with E-state index in [1.807, 2.05) is 5.32 Å². The average Bonchev–Trinajstić information content (AvgIpc) is 2.83. The van der Waals surface area contributed by atoms with Gasteiger partial charge < -0.3 is 24.1 Å². The monoisotopic (exact) mass is 539 g/mol. The van der Waals surface area contributed by atoms with Crippen LogP contribution in [0.4, 0.5) is 13.2 Å². The maximum atomic E-state index is 12.6. The van der Waals surface area contributed by atoms with Crippen molar-refractivity contribution < 1.29 is 33.2 Å². The Hall–Kier alpha value is -1.47. The van der Waals surface area contributed by atoms with Crippen molar-refractivity contribution in [3.63, 3.8) is 0 Å². The minimum atomic E-state index is -4.88. The van der Waals surface area contributed by atoms with E-state index in [9.17, 15) is 22.8 Å². The molecule has 1 fully saturated rings. The lowest BCUT2D eigenvalue weighted by atomic mass is 9.81. The highest BCUT2D eigenvalue weighted by Crippen LogP contribution is 2.48. The van der Waals surface area contributed by atoms with Gasteiger partial charge in [-0.05, 0) is 58.8 Å². The van der Waals surface area contributed by atoms with Gasteiger partial charge in [-0.3, -0.25) is 9.59 Å². The molecule has 0 saturated carbocycles. The molecule has 1 heterocycles. The predicted octanol–water partition coefficient (Wildman–Crippen LogP) is 5.15. The minimum Gasteiger partial charge on any atom is -0.348 e. The first-order chi connectivity index (χ1) is 17.4. The first-order valence-corrected chi connectivity index (χ1v) is 13.6. The van der Waals surface area contributed by atoms with Gasteiger partial charge in [-0.25, -0.2) is 11.2 Å². The van der Waals surface area contributed by atoms with E-state index in [-0.39, 0.29) is 50.0 Å². The fourth-order valence-electron chi connectivity index (χ4n) is 3.91. The Morgan fingerprint density at radius 1 is 1.17 bits per heavy atom. The summed E-state index contributed by atoms with van der Waals surface area (Å²) >= 11 is 0. The van der Waals surface area contributed by atoms with Gasteiger partial charge in [-0.15, -0.1) is 0 Å². The van der Waals surface area contributed by atoms with E-state index >= 15 is 0 Å². The number of rotatable bonds is 15. The highest BCUT2D eigenvalue weighted by Gasteiger charge is 2.38. The Morgan fingerprint density at radius 2 is 1.81 bits per heavy atom. The summed E-state index contributed by atoms with van der Waals surface area (Å²) in [5.41, 5.74) is -0.378. The third-order valence-corrected chi connectivity index (χ3v) is 7.97. The summed E-state index contributed by atoms with van der Waals surface area (Å²) in [6.45, 7) is 17.3. The zero-order chi connectivity index (χ0) is 28.1. The Morgan fingerprint density at radius 3 is 2.33 bits per heavy atom. The Bertz CT molecular complexity index is 736. The van der Waals surface area contributed by atoms with Gasteiger partial charge >= 0.3 is 12.1 Å². The van der Waals surface area contributed by atoms with Crippen LogP contribution in [0.15, 0.2) is 0 Å². The molecule has 2 amide bonds. The summed E-state index contributed by atoms with van der Waals surface area (Å²) in [5.74, 6) is -1.95. The largest absolute Gasteiger partial charge is 0.471 e. The van der Waals surface area contributed by atoms with Crippen LogP contribution in [0.1, 0.15) is 74.5 Å². The molecule has 208 valence electrons. The van der Waals surface area contributed by atoms with Gasteiger partial charge in [0.05, 0.1) is 6.61 Å². The summed E-state index contributed by atoms with van der Waals surface area (Å²) < 4.78 is 59.1. The van der Waals surface area contributed by atoms with Crippen LogP contribution in [0.25, 0.3) is 4.85 Å². The number of nitrogens with zero attached hydrogens (tertiary/aromatic N) is 3. The molecular formula is C24H42F3N4O4P. The number of halogens is 3. The van der Waals surface area contributed by atoms with Crippen molar-refractivity contribution in [3.05, 3.63) is 11.4 Å². The number of unbranched alkanes of at least 4 members (excludes halogenated alkanes) is 2. The Labute approximate surface area is 216 Å². The number of amides is 2. The molecule has 1 rings (SSSR count). The highest BCUT2D eigenvalue weighted by molar-refractivity contribution is 7.44. The number of piperidine rings is 1. The van der Waals surface area contributed by atoms with Crippen molar-refractivity contribution in [3.8, 4) is 0 Å². The number of nitrogens with one attached hydrogen (secondary N) is 1. The molecule has 12 heteroatoms. The van der Waals surface area contributed by atoms with E-state index in [2.05, 4.69) is 37.2 Å². The molecule has 1 unspecified atom stereocenters. The molecular weight excluding hydrogens is 496 g/mol. The lowest BCUT2D eigenvalue weighted by Crippen LogP contribution is -2.44. The summed E-state index contributed by atoms with van der Waals surface area (Å²) in [5, 5.41) is 1.83. The van der Waals surface area contributed by atoms with E-state index in [0.29, 0.717) is 58.2 Å². The molecule has 0 radical (unpaired) electrons. The van der Waals surface area contributed by atoms with Gasteiger partial charge in [0.1, 0.15) is 6.61 Å². The lowest BCUT2D eigenvalue weighted by Gasteiger charge is -2.41. The van der Waals surface area contributed by atoms with Crippen LogP contribution in [0.3, 0.4) is 0 Å². The predicted molar refractivity (Wildman–Crippen MR) is 134 cm³/mol. The van der Waals surface area contributed by atoms with Crippen LogP contribution in [-0.2, 0) is 18.6 Å². The van der Waals surface area contributed by atoms with Gasteiger partial charge in [0, 0.05) is 39.5 Å². The topological polar surface area (TPSA) is 75.5 Å². The summed E-state index contributed by atoms with van der Waals surface area (Å²) in [7, 11) is -1.39. The second-order valence-electron chi connectivity index (χ2n) is 9.74. The molecule has 1 aliphatic heterocycles. The third-order valence-electron chi connectivity index (χ3n) is 5.92. The van der Waals surface area contributed by atoms with Crippen molar-refractivity contribution in [1.82, 2.24) is 14.9 Å². The summed E-state index contributed by atoms with van der Waals surface area (Å²) in [6, 6.07) is 0.373. The zero-order valence-corrected chi connectivity index (χ0v) is 22.8. The molecule has 36 heavy (non-hydrogen) atoms. The van der Waals surface area contributed by atoms with Crippen LogP contribution >= 0.6 is 8.53 Å². The van der Waals surface area contributed by atoms with Crippen LogP contribution in [-0.4, -0.2) is 79.0 Å². The number of hydrogen-bond donors (Lipinski definition) is 1. The number of alkyl halides is 3. The molecule has 0 aromatic carbocycles. The standard InChI is InChI=1S/C24H42F3N4O4P/c1-19(2)31(20(3)4)36(34-17-14-28-6)35-18-23(5)11-15-30(16-12-23)21(32)10-8-7-9-13-29-22(33)24(25,26)27/h19-20H,7-18H2,1-5H3,(H,29,33)/i5D. The smallest absolute Gasteiger partial charge is 0.348 e. The first-order valence-electron chi connectivity index (χ1n) is 13.2. The fourth-order valence-corrected chi connectivity index (χ4v) is 5.63. The van der Waals surface area contributed by atoms with Crippen LogP contribution in [0.5, 0.6) is 0 Å². The molecule has 0 aromatic rings. The third kappa shape index (κ3) is 11.7. The van der Waals surface area contributed by atoms with Gasteiger partial charge in [0.2, 0.25) is 12.5 Å². The maximum absolute atomic E-state index is 12.6. The number of carbonyl (C=O) groups excluding carboxylic acids is 2. The fraction of sp³-hybridized carbons (Fsp3) is 0.875. The van der Waals surface area contributed by atoms with E-state index in [1.165, 1.54) is 0 Å². The van der Waals surface area contributed by atoms with Crippen molar-refractivity contribution in [2.75, 3.05) is 39.4 Å². The molecule has 0 spiro atoms. The van der Waals surface area contributed by atoms with Crippen molar-refractivity contribution in [2.24, 2.45) is 5.41 Å². The lowest BCUT2D eigenvalue weighted by molar-refractivity contribution is -0.173. The van der Waals surface area contributed by atoms with Gasteiger partial charge in [-0.1, -0.05) is 13.3 Å². The number of carbonyl (C=O) groups is 2. The van der Waals surface area contributed by atoms with E-state index in [4.69, 9.17) is 17.0 Å². The quantitative estimate of drug-likeness (QED) is 0.177. The minimum absolute atomic E-state index is 0.00524. The van der Waals surface area contributed by atoms with Gasteiger partial charge in [0.25, 0.3) is 8.53 Å². The number of hydrogen-bond acceptors (Lipinski definition) is 5. The van der Waals surface area contributed by atoms with E-state index in [0.717, 1.165) is 0 Å². The molecule has 1 N–H and O–H groups in total. The molecule has 1 aliphatic rings. The summed E-state index contributed by atoms with van der Waals surface area (Å²) in [4.78, 5) is 28.5. The van der Waals surface area contributed by atoms with Crippen LogP contribution in [0.2, 0.25) is 0 Å². The Balaban J connectivity index is 2.51. The van der Waals surface area contributed by atoms with Crippen molar-refractivity contribution in [1.29, 1.82) is 0 Å². The Kier molecular flexibility index (Phi) is 13.4. The maximum Gasteiger partial charge on any atom is 0.471 e. The molecule has 8 nitrogen and oxygen atoms in total. The van der Waals surface area contributed by atoms with Gasteiger partial charge in [-0.2, -0.15) is 13.2 Å². The summed E-state index contributed by atoms with van der Waals surface area (Å²) in [6.07, 6.45) is -1.84. The SMILES string of the molecule is [2H]CC1(COP(OCC[N+]#[C-])N(C(C)C)C(C)C)CCN(C(=O)CCCCCNC(=O)C(F)(F)F)CC1. The van der Waals surface area contributed by atoms with E-state index < -0.39 is 20.6 Å². The van der Waals surface area contributed by atoms with Gasteiger partial charge in [0.15, 0.2) is 0 Å². The van der Waals surface area contributed by atoms with Crippen molar-refractivity contribution in [2.45, 2.75) is 91.4 Å². The molecule has 0 aromatic heterocycles. The molecule has 0 aliphatic carbocycles. The van der Waals surface area contributed by atoms with Crippen LogP contribution < -0.4 is 5.32 Å². The second-order valence-corrected chi connectivity index (χ2v) is 11.2. The van der Waals surface area contributed by atoms with Crippen molar-refractivity contribution >= 4 is 20.3 Å². The van der Waals surface area contributed by atoms with Crippen LogP contribution in [0, 0.1) is 12.0 Å². The number of likely N-dealkylation sites (tertiary alicyclic amines) is 1. The molecule has 1 saturated heterocycles. The van der Waals surface area contributed by atoms with E-state index in [1.54, 1.807) is 4.90 Å². The highest BCUT2D eigenvalue weighted by atomic mass is 31.2. The second kappa shape index (κ2) is 15.7. The first kappa shape index (κ1) is 30.8. The zero-order valence-electron chi connectivity index (χ0n) is 22.9. The average molecular weight is 540 g/mol.